The molecule has 0 spiro atoms. The van der Waals surface area contributed by atoms with E-state index in [1.165, 1.54) is 12.1 Å². The van der Waals surface area contributed by atoms with Crippen molar-refractivity contribution in [1.29, 1.82) is 0 Å². The van der Waals surface area contributed by atoms with Crippen molar-refractivity contribution in [3.05, 3.63) is 94.8 Å². The SMILES string of the molecule is CC(C)N(Cc1ccc(OS(=O)(=O)c2ccc(F)cc2)cc1)C(=O)c1ccc(Cl)cc1. The molecule has 0 N–H and O–H groups in total. The Morgan fingerprint density at radius 3 is 2.10 bits per heavy atom. The average molecular weight is 462 g/mol. The highest BCUT2D eigenvalue weighted by atomic mass is 35.5. The van der Waals surface area contributed by atoms with Gasteiger partial charge in [0.15, 0.2) is 0 Å². The van der Waals surface area contributed by atoms with Crippen LogP contribution in [0.1, 0.15) is 29.8 Å². The molecule has 0 saturated carbocycles. The van der Waals surface area contributed by atoms with Gasteiger partial charge in [-0.05, 0) is 80.1 Å². The molecule has 0 bridgehead atoms. The quantitative estimate of drug-likeness (QED) is 0.448. The highest BCUT2D eigenvalue weighted by molar-refractivity contribution is 7.87. The van der Waals surface area contributed by atoms with E-state index in [0.29, 0.717) is 17.1 Å². The second kappa shape index (κ2) is 9.49. The van der Waals surface area contributed by atoms with Crippen LogP contribution in [0.4, 0.5) is 4.39 Å². The van der Waals surface area contributed by atoms with E-state index >= 15 is 0 Å². The molecule has 0 aromatic heterocycles. The number of carbonyl (C=O) groups is 1. The van der Waals surface area contributed by atoms with Crippen LogP contribution in [0.3, 0.4) is 0 Å². The van der Waals surface area contributed by atoms with Crippen molar-refractivity contribution in [2.24, 2.45) is 0 Å². The summed E-state index contributed by atoms with van der Waals surface area (Å²) in [5.74, 6) is -0.551. The Morgan fingerprint density at radius 2 is 1.55 bits per heavy atom. The average Bonchev–Trinajstić information content (AvgIpc) is 2.73. The molecule has 0 aliphatic carbocycles. The molecule has 0 radical (unpaired) electrons. The smallest absolute Gasteiger partial charge is 0.339 e. The fraction of sp³-hybridized carbons (Fsp3) is 0.174. The fourth-order valence-electron chi connectivity index (χ4n) is 2.87. The van der Waals surface area contributed by atoms with Crippen LogP contribution in [0.2, 0.25) is 5.02 Å². The standard InChI is InChI=1S/C23H21ClFNO4S/c1-16(2)26(23(27)18-5-7-19(24)8-6-18)15-17-3-11-21(12-4-17)30-31(28,29)22-13-9-20(25)10-14-22/h3-14,16H,15H2,1-2H3. The van der Waals surface area contributed by atoms with E-state index in [1.54, 1.807) is 41.3 Å². The summed E-state index contributed by atoms with van der Waals surface area (Å²) in [5, 5.41) is 0.554. The van der Waals surface area contributed by atoms with Gasteiger partial charge in [0.1, 0.15) is 16.5 Å². The van der Waals surface area contributed by atoms with Gasteiger partial charge in [-0.1, -0.05) is 23.7 Å². The van der Waals surface area contributed by atoms with Crippen LogP contribution in [-0.2, 0) is 16.7 Å². The van der Waals surface area contributed by atoms with Gasteiger partial charge in [-0.25, -0.2) is 4.39 Å². The minimum atomic E-state index is -4.07. The van der Waals surface area contributed by atoms with Crippen molar-refractivity contribution in [3.8, 4) is 5.75 Å². The Kier molecular flexibility index (Phi) is 6.97. The van der Waals surface area contributed by atoms with Crippen LogP contribution >= 0.6 is 11.6 Å². The molecule has 0 saturated heterocycles. The molecule has 0 aliphatic heterocycles. The van der Waals surface area contributed by atoms with Crippen molar-refractivity contribution in [2.45, 2.75) is 31.3 Å². The molecule has 3 rings (SSSR count). The van der Waals surface area contributed by atoms with E-state index in [-0.39, 0.29) is 22.6 Å². The van der Waals surface area contributed by atoms with Gasteiger partial charge in [-0.3, -0.25) is 4.79 Å². The number of benzene rings is 3. The van der Waals surface area contributed by atoms with Gasteiger partial charge in [-0.15, -0.1) is 0 Å². The van der Waals surface area contributed by atoms with Gasteiger partial charge in [0.2, 0.25) is 0 Å². The third-order valence-electron chi connectivity index (χ3n) is 4.56. The highest BCUT2D eigenvalue weighted by Crippen LogP contribution is 2.21. The Morgan fingerprint density at radius 1 is 0.968 bits per heavy atom. The largest absolute Gasteiger partial charge is 0.379 e. The predicted molar refractivity (Wildman–Crippen MR) is 117 cm³/mol. The number of hydrogen-bond donors (Lipinski definition) is 0. The number of carbonyl (C=O) groups excluding carboxylic acids is 1. The molecule has 0 atom stereocenters. The van der Waals surface area contributed by atoms with Gasteiger partial charge in [-0.2, -0.15) is 8.42 Å². The molecule has 0 fully saturated rings. The lowest BCUT2D eigenvalue weighted by atomic mass is 10.1. The first-order chi connectivity index (χ1) is 14.7. The van der Waals surface area contributed by atoms with Gasteiger partial charge >= 0.3 is 10.1 Å². The molecule has 31 heavy (non-hydrogen) atoms. The van der Waals surface area contributed by atoms with E-state index in [9.17, 15) is 17.6 Å². The highest BCUT2D eigenvalue weighted by Gasteiger charge is 2.20. The zero-order valence-corrected chi connectivity index (χ0v) is 18.5. The zero-order valence-electron chi connectivity index (χ0n) is 17.0. The maximum Gasteiger partial charge on any atom is 0.339 e. The summed E-state index contributed by atoms with van der Waals surface area (Å²) in [5.41, 5.74) is 1.34. The van der Waals surface area contributed by atoms with Gasteiger partial charge in [0.05, 0.1) is 0 Å². The summed E-state index contributed by atoms with van der Waals surface area (Å²) in [6, 6.07) is 17.4. The maximum atomic E-state index is 13.0. The van der Waals surface area contributed by atoms with E-state index < -0.39 is 15.9 Å². The lowest BCUT2D eigenvalue weighted by molar-refractivity contribution is 0.0690. The number of nitrogens with zero attached hydrogens (tertiary/aromatic N) is 1. The van der Waals surface area contributed by atoms with E-state index in [0.717, 1.165) is 29.8 Å². The molecule has 162 valence electrons. The summed E-state index contributed by atoms with van der Waals surface area (Å²) in [6.45, 7) is 4.17. The number of rotatable bonds is 7. The van der Waals surface area contributed by atoms with E-state index in [2.05, 4.69) is 0 Å². The van der Waals surface area contributed by atoms with Crippen LogP contribution in [0, 0.1) is 5.82 Å². The molecule has 8 heteroatoms. The van der Waals surface area contributed by atoms with Crippen molar-refractivity contribution >= 4 is 27.6 Å². The molecule has 0 aliphatic rings. The molecule has 0 unspecified atom stereocenters. The third kappa shape index (κ3) is 5.83. The summed E-state index contributed by atoms with van der Waals surface area (Å²) in [4.78, 5) is 14.5. The summed E-state index contributed by atoms with van der Waals surface area (Å²) in [6.07, 6.45) is 0. The molecule has 3 aromatic carbocycles. The molecule has 0 heterocycles. The van der Waals surface area contributed by atoms with Gasteiger partial charge in [0, 0.05) is 23.2 Å². The first kappa shape index (κ1) is 22.8. The van der Waals surface area contributed by atoms with Crippen LogP contribution < -0.4 is 4.18 Å². The summed E-state index contributed by atoms with van der Waals surface area (Å²) in [7, 11) is -4.07. The lowest BCUT2D eigenvalue weighted by Crippen LogP contribution is -2.36. The molecular formula is C23H21ClFNO4S. The Bertz CT molecular complexity index is 1150. The van der Waals surface area contributed by atoms with Crippen molar-refractivity contribution in [3.63, 3.8) is 0 Å². The Balaban J connectivity index is 1.73. The normalized spacial score (nSPS) is 11.4. The van der Waals surface area contributed by atoms with Crippen molar-refractivity contribution < 1.29 is 21.8 Å². The zero-order chi connectivity index (χ0) is 22.6. The fourth-order valence-corrected chi connectivity index (χ4v) is 3.93. The Hall–Kier alpha value is -2.90. The second-order valence-corrected chi connectivity index (χ2v) is 9.15. The monoisotopic (exact) mass is 461 g/mol. The third-order valence-corrected chi connectivity index (χ3v) is 6.07. The maximum absolute atomic E-state index is 13.0. The molecule has 1 amide bonds. The van der Waals surface area contributed by atoms with Crippen molar-refractivity contribution in [1.82, 2.24) is 4.90 Å². The second-order valence-electron chi connectivity index (χ2n) is 7.17. The molecular weight excluding hydrogens is 441 g/mol. The van der Waals surface area contributed by atoms with Crippen LogP contribution in [0.25, 0.3) is 0 Å². The van der Waals surface area contributed by atoms with Crippen LogP contribution in [0.15, 0.2) is 77.7 Å². The van der Waals surface area contributed by atoms with E-state index in [1.807, 2.05) is 13.8 Å². The van der Waals surface area contributed by atoms with Gasteiger partial charge in [0.25, 0.3) is 5.91 Å². The number of hydrogen-bond acceptors (Lipinski definition) is 4. The van der Waals surface area contributed by atoms with E-state index in [4.69, 9.17) is 15.8 Å². The van der Waals surface area contributed by atoms with Gasteiger partial charge < -0.3 is 9.08 Å². The predicted octanol–water partition coefficient (Wildman–Crippen LogP) is 5.30. The van der Waals surface area contributed by atoms with Crippen molar-refractivity contribution in [2.75, 3.05) is 0 Å². The summed E-state index contributed by atoms with van der Waals surface area (Å²) >= 11 is 5.90. The first-order valence-corrected chi connectivity index (χ1v) is 11.3. The lowest BCUT2D eigenvalue weighted by Gasteiger charge is -2.27. The van der Waals surface area contributed by atoms with Crippen LogP contribution in [-0.4, -0.2) is 25.3 Å². The minimum Gasteiger partial charge on any atom is -0.379 e. The molecule has 5 nitrogen and oxygen atoms in total. The summed E-state index contributed by atoms with van der Waals surface area (Å²) < 4.78 is 42.8. The topological polar surface area (TPSA) is 63.7 Å². The molecule has 3 aromatic rings. The minimum absolute atomic E-state index is 0.0574. The number of amides is 1. The Labute approximate surface area is 186 Å². The number of halogens is 2. The van der Waals surface area contributed by atoms with Crippen LogP contribution in [0.5, 0.6) is 5.75 Å². The first-order valence-electron chi connectivity index (χ1n) is 9.51.